The largest absolute Gasteiger partial charge is 0.467 e. The fraction of sp³-hybridized carbons (Fsp3) is 0.238. The predicted molar refractivity (Wildman–Crippen MR) is 111 cm³/mol. The van der Waals surface area contributed by atoms with Crippen LogP contribution in [-0.4, -0.2) is 49.2 Å². The average Bonchev–Trinajstić information content (AvgIpc) is 2.75. The van der Waals surface area contributed by atoms with Crippen LogP contribution in [0.2, 0.25) is 0 Å². The number of esters is 2. The highest BCUT2D eigenvalue weighted by molar-refractivity contribution is 8.13. The van der Waals surface area contributed by atoms with Gasteiger partial charge >= 0.3 is 17.2 Å². The maximum atomic E-state index is 14.1. The lowest BCUT2D eigenvalue weighted by molar-refractivity contribution is -0.144. The van der Waals surface area contributed by atoms with E-state index in [0.29, 0.717) is 17.8 Å². The van der Waals surface area contributed by atoms with Crippen LogP contribution in [0, 0.1) is 11.6 Å². The Morgan fingerprint density at radius 1 is 1.03 bits per heavy atom. The van der Waals surface area contributed by atoms with Crippen LogP contribution in [-0.2, 0) is 19.1 Å². The molecule has 1 N–H and O–H groups in total. The molecule has 0 radical (unpaired) electrons. The lowest BCUT2D eigenvalue weighted by atomic mass is 10.0. The van der Waals surface area contributed by atoms with Gasteiger partial charge in [-0.2, -0.15) is 0 Å². The summed E-state index contributed by atoms with van der Waals surface area (Å²) in [4.78, 5) is 47.3. The molecule has 32 heavy (non-hydrogen) atoms. The summed E-state index contributed by atoms with van der Waals surface area (Å²) in [5.74, 6) is -4.05. The molecule has 0 unspecified atom stereocenters. The summed E-state index contributed by atoms with van der Waals surface area (Å²) in [6.45, 7) is 1.20. The number of carbonyl (C=O) groups excluding carboxylic acids is 4. The van der Waals surface area contributed by atoms with Crippen molar-refractivity contribution in [2.75, 3.05) is 20.0 Å². The van der Waals surface area contributed by atoms with Gasteiger partial charge < -0.3 is 19.5 Å². The first-order valence-electron chi connectivity index (χ1n) is 9.03. The lowest BCUT2D eigenvalue weighted by Crippen LogP contribution is -2.42. The van der Waals surface area contributed by atoms with Crippen molar-refractivity contribution in [1.29, 1.82) is 0 Å². The van der Waals surface area contributed by atoms with E-state index in [4.69, 9.17) is 4.74 Å². The van der Waals surface area contributed by atoms with E-state index in [0.717, 1.165) is 20.3 Å². The molecule has 8 nitrogen and oxygen atoms in total. The molecule has 11 heteroatoms. The molecule has 0 saturated heterocycles. The van der Waals surface area contributed by atoms with Gasteiger partial charge in [0.2, 0.25) is 5.91 Å². The molecule has 0 heterocycles. The van der Waals surface area contributed by atoms with E-state index in [1.54, 1.807) is 0 Å². The highest BCUT2D eigenvalue weighted by atomic mass is 32.2. The first-order chi connectivity index (χ1) is 15.2. The van der Waals surface area contributed by atoms with Gasteiger partial charge in [0.1, 0.15) is 29.0 Å². The Bertz CT molecular complexity index is 1040. The molecule has 0 aliphatic rings. The average molecular weight is 467 g/mol. The van der Waals surface area contributed by atoms with E-state index < -0.39 is 40.8 Å². The van der Waals surface area contributed by atoms with Gasteiger partial charge in [-0.1, -0.05) is 6.07 Å². The minimum Gasteiger partial charge on any atom is -0.467 e. The molecule has 170 valence electrons. The Hall–Kier alpha value is -3.47. The number of halogens is 2. The van der Waals surface area contributed by atoms with Gasteiger partial charge in [0.15, 0.2) is 0 Å². The van der Waals surface area contributed by atoms with Gasteiger partial charge in [-0.15, -0.1) is 0 Å². The zero-order valence-electron chi connectivity index (χ0n) is 17.3. The van der Waals surface area contributed by atoms with Gasteiger partial charge in [-0.25, -0.2) is 23.2 Å². The molecule has 0 fully saturated rings. The molecular formula is C21H19F2NO7S. The number of amides is 1. The summed E-state index contributed by atoms with van der Waals surface area (Å²) in [5.41, 5.74) is 0.0841. The number of methoxy groups -OCH3 is 2. The first kappa shape index (κ1) is 24.8. The van der Waals surface area contributed by atoms with Crippen molar-refractivity contribution in [3.8, 4) is 16.9 Å². The van der Waals surface area contributed by atoms with Crippen molar-refractivity contribution in [1.82, 2.24) is 5.32 Å². The van der Waals surface area contributed by atoms with Gasteiger partial charge in [0.05, 0.1) is 14.2 Å². The number of nitrogens with one attached hydrogen (secondary N) is 1. The van der Waals surface area contributed by atoms with Crippen LogP contribution in [0.1, 0.15) is 17.3 Å². The Kier molecular flexibility index (Phi) is 8.71. The molecular weight excluding hydrogens is 448 g/mol. The molecule has 1 atom stereocenters. The standard InChI is InChI=1S/C21H19F2NO7S/c1-11(25)24-17(20(27)30-3)10-32-21(28)31-18-7-4-12(8-15(18)19(26)29-2)14-6-5-13(22)9-16(14)23/h4-9,17H,10H2,1-3H3,(H,24,25)/t17-/m0/s1. The van der Waals surface area contributed by atoms with E-state index >= 15 is 0 Å². The first-order valence-corrected chi connectivity index (χ1v) is 10.0. The van der Waals surface area contributed by atoms with Crippen molar-refractivity contribution < 1.29 is 42.2 Å². The summed E-state index contributed by atoms with van der Waals surface area (Å²) in [6.07, 6.45) is 0. The van der Waals surface area contributed by atoms with E-state index in [1.165, 1.54) is 31.2 Å². The molecule has 0 bridgehead atoms. The fourth-order valence-electron chi connectivity index (χ4n) is 2.61. The second-order valence-corrected chi connectivity index (χ2v) is 7.22. The molecule has 0 aromatic heterocycles. The molecule has 0 spiro atoms. The molecule has 0 aliphatic heterocycles. The van der Waals surface area contributed by atoms with Crippen LogP contribution in [0.25, 0.3) is 11.1 Å². The minimum absolute atomic E-state index is 0.0278. The van der Waals surface area contributed by atoms with Gasteiger partial charge in [0, 0.05) is 24.3 Å². The summed E-state index contributed by atoms with van der Waals surface area (Å²) in [5, 5.41) is 1.47. The summed E-state index contributed by atoms with van der Waals surface area (Å²) < 4.78 is 41.7. The van der Waals surface area contributed by atoms with Gasteiger partial charge in [0.25, 0.3) is 0 Å². The second-order valence-electron chi connectivity index (χ2n) is 6.27. The third kappa shape index (κ3) is 6.51. The van der Waals surface area contributed by atoms with Crippen molar-refractivity contribution in [3.05, 3.63) is 53.6 Å². The third-order valence-corrected chi connectivity index (χ3v) is 4.87. The zero-order chi connectivity index (χ0) is 23.8. The highest BCUT2D eigenvalue weighted by Crippen LogP contribution is 2.30. The number of hydrogen-bond donors (Lipinski definition) is 1. The number of rotatable bonds is 7. The number of thioether (sulfide) groups is 1. The van der Waals surface area contributed by atoms with Crippen LogP contribution < -0.4 is 10.1 Å². The van der Waals surface area contributed by atoms with E-state index in [2.05, 4.69) is 14.8 Å². The van der Waals surface area contributed by atoms with Crippen LogP contribution in [0.15, 0.2) is 36.4 Å². The monoisotopic (exact) mass is 467 g/mol. The molecule has 0 saturated carbocycles. The number of ether oxygens (including phenoxy) is 3. The zero-order valence-corrected chi connectivity index (χ0v) is 18.1. The second kappa shape index (κ2) is 11.2. The summed E-state index contributed by atoms with van der Waals surface area (Å²) in [7, 11) is 2.25. The number of carbonyl (C=O) groups is 4. The molecule has 1 amide bonds. The Morgan fingerprint density at radius 3 is 2.34 bits per heavy atom. The van der Waals surface area contributed by atoms with Gasteiger partial charge in [-0.3, -0.25) is 4.79 Å². The third-order valence-electron chi connectivity index (χ3n) is 4.05. The maximum absolute atomic E-state index is 14.1. The van der Waals surface area contributed by atoms with Crippen LogP contribution in [0.5, 0.6) is 5.75 Å². The van der Waals surface area contributed by atoms with E-state index in [-0.39, 0.29) is 28.2 Å². The highest BCUT2D eigenvalue weighted by Gasteiger charge is 2.24. The van der Waals surface area contributed by atoms with Crippen LogP contribution in [0.4, 0.5) is 13.6 Å². The van der Waals surface area contributed by atoms with Crippen molar-refractivity contribution in [3.63, 3.8) is 0 Å². The van der Waals surface area contributed by atoms with Crippen molar-refractivity contribution in [2.24, 2.45) is 0 Å². The fourth-order valence-corrected chi connectivity index (χ4v) is 3.28. The molecule has 2 rings (SSSR count). The molecule has 2 aromatic rings. The molecule has 0 aliphatic carbocycles. The number of hydrogen-bond acceptors (Lipinski definition) is 8. The Labute approximate surface area is 186 Å². The SMILES string of the molecule is COC(=O)c1cc(-c2ccc(F)cc2F)ccc1OC(=O)SC[C@H](NC(C)=O)C(=O)OC. The van der Waals surface area contributed by atoms with E-state index in [1.807, 2.05) is 0 Å². The normalized spacial score (nSPS) is 11.3. The Morgan fingerprint density at radius 2 is 1.75 bits per heavy atom. The maximum Gasteiger partial charge on any atom is 0.372 e. The summed E-state index contributed by atoms with van der Waals surface area (Å²) in [6, 6.07) is 5.76. The molecule has 2 aromatic carbocycles. The van der Waals surface area contributed by atoms with Crippen molar-refractivity contribution >= 4 is 34.9 Å². The predicted octanol–water partition coefficient (Wildman–Crippen LogP) is 3.33. The quantitative estimate of drug-likeness (QED) is 0.618. The van der Waals surface area contributed by atoms with Gasteiger partial charge in [-0.05, 0) is 41.6 Å². The minimum atomic E-state index is -1.08. The number of benzene rings is 2. The lowest BCUT2D eigenvalue weighted by Gasteiger charge is -2.15. The summed E-state index contributed by atoms with van der Waals surface area (Å²) >= 11 is 0.567. The van der Waals surface area contributed by atoms with Crippen LogP contribution >= 0.6 is 11.8 Å². The van der Waals surface area contributed by atoms with Crippen molar-refractivity contribution in [2.45, 2.75) is 13.0 Å². The van der Waals surface area contributed by atoms with Crippen LogP contribution in [0.3, 0.4) is 0 Å². The topological polar surface area (TPSA) is 108 Å². The van der Waals surface area contributed by atoms with E-state index in [9.17, 15) is 28.0 Å². The Balaban J connectivity index is 2.23. The smallest absolute Gasteiger partial charge is 0.372 e.